The van der Waals surface area contributed by atoms with Gasteiger partial charge in [0.2, 0.25) is 11.8 Å². The fourth-order valence-electron chi connectivity index (χ4n) is 4.73. The molecule has 0 aromatic heterocycles. The van der Waals surface area contributed by atoms with Crippen LogP contribution in [0.4, 0.5) is 4.79 Å². The molecule has 240 valence electrons. The van der Waals surface area contributed by atoms with Gasteiger partial charge in [-0.05, 0) is 58.2 Å². The average Bonchev–Trinajstić information content (AvgIpc) is 2.96. The Balaban J connectivity index is 1.95. The second kappa shape index (κ2) is 15.4. The fraction of sp³-hybridized carbons (Fsp3) is 0.389. The Kier molecular flexibility index (Phi) is 11.9. The van der Waals surface area contributed by atoms with Crippen LogP contribution in [0.2, 0.25) is 0 Å². The summed E-state index contributed by atoms with van der Waals surface area (Å²) in [4.78, 5) is 55.7. The molecule has 3 atom stereocenters. The molecular formula is C36H45N3O6. The van der Waals surface area contributed by atoms with Crippen molar-refractivity contribution in [2.45, 2.75) is 83.7 Å². The highest BCUT2D eigenvalue weighted by molar-refractivity contribution is 5.94. The van der Waals surface area contributed by atoms with Gasteiger partial charge in [0.25, 0.3) is 0 Å². The third kappa shape index (κ3) is 11.4. The van der Waals surface area contributed by atoms with E-state index >= 15 is 0 Å². The monoisotopic (exact) mass is 615 g/mol. The van der Waals surface area contributed by atoms with Crippen molar-refractivity contribution in [1.29, 1.82) is 0 Å². The van der Waals surface area contributed by atoms with Gasteiger partial charge in [0, 0.05) is 19.9 Å². The van der Waals surface area contributed by atoms with E-state index in [1.807, 2.05) is 66.7 Å². The van der Waals surface area contributed by atoms with Crippen molar-refractivity contribution < 1.29 is 28.7 Å². The molecule has 45 heavy (non-hydrogen) atoms. The van der Waals surface area contributed by atoms with Gasteiger partial charge < -0.3 is 25.0 Å². The van der Waals surface area contributed by atoms with Crippen LogP contribution >= 0.6 is 0 Å². The Morgan fingerprint density at radius 3 is 1.56 bits per heavy atom. The summed E-state index contributed by atoms with van der Waals surface area (Å²) in [6.07, 6.45) is -0.392. The molecule has 0 heterocycles. The lowest BCUT2D eigenvalue weighted by Gasteiger charge is -2.33. The molecule has 0 radical (unpaired) electrons. The summed E-state index contributed by atoms with van der Waals surface area (Å²) in [5, 5.41) is 5.57. The van der Waals surface area contributed by atoms with E-state index in [9.17, 15) is 19.2 Å². The quantitative estimate of drug-likeness (QED) is 0.280. The lowest BCUT2D eigenvalue weighted by molar-refractivity contribution is -0.159. The molecule has 3 unspecified atom stereocenters. The van der Waals surface area contributed by atoms with Gasteiger partial charge in [0.15, 0.2) is 0 Å². The molecule has 9 heteroatoms. The van der Waals surface area contributed by atoms with Crippen molar-refractivity contribution in [2.24, 2.45) is 0 Å². The molecule has 0 bridgehead atoms. The van der Waals surface area contributed by atoms with E-state index in [2.05, 4.69) is 10.6 Å². The minimum Gasteiger partial charge on any atom is -0.458 e. The number of carbonyl (C=O) groups excluding carboxylic acids is 4. The zero-order valence-electron chi connectivity index (χ0n) is 27.2. The minimum atomic E-state index is -1.13. The van der Waals surface area contributed by atoms with Gasteiger partial charge >= 0.3 is 12.1 Å². The second-order valence-corrected chi connectivity index (χ2v) is 12.9. The third-order valence-electron chi connectivity index (χ3n) is 6.66. The number of rotatable bonds is 11. The summed E-state index contributed by atoms with van der Waals surface area (Å²) in [6.45, 7) is 10.5. The van der Waals surface area contributed by atoms with Crippen LogP contribution < -0.4 is 10.6 Å². The van der Waals surface area contributed by atoms with E-state index in [0.29, 0.717) is 5.56 Å². The van der Waals surface area contributed by atoms with Crippen LogP contribution in [0.3, 0.4) is 0 Å². The number of ether oxygens (including phenoxy) is 2. The summed E-state index contributed by atoms with van der Waals surface area (Å²) in [5.74, 6) is -1.67. The van der Waals surface area contributed by atoms with E-state index in [0.717, 1.165) is 11.1 Å². The Morgan fingerprint density at radius 2 is 1.09 bits per heavy atom. The first-order valence-corrected chi connectivity index (χ1v) is 15.0. The van der Waals surface area contributed by atoms with Gasteiger partial charge in [-0.2, -0.15) is 0 Å². The Morgan fingerprint density at radius 1 is 0.644 bits per heavy atom. The highest BCUT2D eigenvalue weighted by Gasteiger charge is 2.36. The van der Waals surface area contributed by atoms with Crippen LogP contribution in [0.5, 0.6) is 0 Å². The van der Waals surface area contributed by atoms with Crippen LogP contribution in [-0.2, 0) is 36.7 Å². The minimum absolute atomic E-state index is 0.168. The first-order valence-electron chi connectivity index (χ1n) is 15.0. The fourth-order valence-corrected chi connectivity index (χ4v) is 4.73. The number of esters is 1. The molecule has 0 aliphatic rings. The van der Waals surface area contributed by atoms with Crippen molar-refractivity contribution >= 4 is 23.9 Å². The van der Waals surface area contributed by atoms with Gasteiger partial charge in [0.1, 0.15) is 29.3 Å². The first-order chi connectivity index (χ1) is 21.1. The number of amides is 3. The molecule has 0 aliphatic carbocycles. The summed E-state index contributed by atoms with van der Waals surface area (Å²) in [6, 6.07) is 24.2. The number of benzene rings is 3. The van der Waals surface area contributed by atoms with Crippen molar-refractivity contribution in [3.8, 4) is 0 Å². The molecule has 3 aromatic rings. The predicted molar refractivity (Wildman–Crippen MR) is 173 cm³/mol. The lowest BCUT2D eigenvalue weighted by atomic mass is 10.00. The zero-order chi connectivity index (χ0) is 33.2. The predicted octanol–water partition coefficient (Wildman–Crippen LogP) is 5.39. The normalized spacial score (nSPS) is 13.5. The standard InChI is InChI=1S/C36H45N3O6/c1-35(2,3)44-33(42)29(24-26-19-13-9-14-20-26)37-31(40)30(27-21-15-10-16-22-27)39(7)32(41)28(23-25-17-11-8-12-18-25)38-34(43)45-36(4,5)6/h8-22,28-30H,23-24H2,1-7H3,(H,37,40)(H,38,43). The van der Waals surface area contributed by atoms with Crippen LogP contribution in [0.25, 0.3) is 0 Å². The average molecular weight is 616 g/mol. The van der Waals surface area contributed by atoms with E-state index in [1.165, 1.54) is 11.9 Å². The number of carbonyl (C=O) groups is 4. The van der Waals surface area contributed by atoms with E-state index in [-0.39, 0.29) is 12.8 Å². The number of nitrogens with one attached hydrogen (secondary N) is 2. The van der Waals surface area contributed by atoms with Crippen molar-refractivity contribution in [2.75, 3.05) is 7.05 Å². The van der Waals surface area contributed by atoms with Gasteiger partial charge in [-0.1, -0.05) is 91.0 Å². The number of hydrogen-bond donors (Lipinski definition) is 2. The largest absolute Gasteiger partial charge is 0.458 e. The maximum absolute atomic E-state index is 14.2. The van der Waals surface area contributed by atoms with Crippen molar-refractivity contribution in [3.63, 3.8) is 0 Å². The molecule has 0 aliphatic heterocycles. The molecule has 0 fully saturated rings. The van der Waals surface area contributed by atoms with Crippen molar-refractivity contribution in [3.05, 3.63) is 108 Å². The highest BCUT2D eigenvalue weighted by atomic mass is 16.6. The maximum Gasteiger partial charge on any atom is 0.408 e. The Labute approximate surface area is 266 Å². The number of likely N-dealkylation sites (N-methyl/N-ethyl adjacent to an activating group) is 1. The maximum atomic E-state index is 14.2. The Bertz CT molecular complexity index is 1420. The smallest absolute Gasteiger partial charge is 0.408 e. The topological polar surface area (TPSA) is 114 Å². The molecule has 3 amide bonds. The summed E-state index contributed by atoms with van der Waals surface area (Å²) in [5.41, 5.74) is 0.621. The molecule has 0 saturated heterocycles. The number of alkyl carbamates (subject to hydrolysis) is 1. The lowest BCUT2D eigenvalue weighted by Crippen LogP contribution is -2.54. The molecular weight excluding hydrogens is 570 g/mol. The van der Waals surface area contributed by atoms with E-state index < -0.39 is 53.2 Å². The molecule has 2 N–H and O–H groups in total. The van der Waals surface area contributed by atoms with Gasteiger partial charge in [-0.15, -0.1) is 0 Å². The van der Waals surface area contributed by atoms with Gasteiger partial charge in [-0.25, -0.2) is 9.59 Å². The summed E-state index contributed by atoms with van der Waals surface area (Å²) >= 11 is 0. The molecule has 9 nitrogen and oxygen atoms in total. The number of nitrogens with zero attached hydrogens (tertiary/aromatic N) is 1. The summed E-state index contributed by atoms with van der Waals surface area (Å²) < 4.78 is 11.1. The second-order valence-electron chi connectivity index (χ2n) is 12.9. The number of hydrogen-bond acceptors (Lipinski definition) is 6. The van der Waals surface area contributed by atoms with E-state index in [4.69, 9.17) is 9.47 Å². The zero-order valence-corrected chi connectivity index (χ0v) is 27.2. The SMILES string of the molecule is CN(C(=O)C(Cc1ccccc1)NC(=O)OC(C)(C)C)C(C(=O)NC(Cc1ccccc1)C(=O)OC(C)(C)C)c1ccccc1. The molecule has 0 saturated carbocycles. The first kappa shape index (κ1) is 34.8. The van der Waals surface area contributed by atoms with Crippen molar-refractivity contribution in [1.82, 2.24) is 15.5 Å². The molecule has 3 aromatic carbocycles. The van der Waals surface area contributed by atoms with Crippen LogP contribution in [-0.4, -0.2) is 59.1 Å². The van der Waals surface area contributed by atoms with Gasteiger partial charge in [0.05, 0.1) is 0 Å². The highest BCUT2D eigenvalue weighted by Crippen LogP contribution is 2.23. The van der Waals surface area contributed by atoms with E-state index in [1.54, 1.807) is 65.8 Å². The third-order valence-corrected chi connectivity index (χ3v) is 6.66. The van der Waals surface area contributed by atoms with Crippen LogP contribution in [0, 0.1) is 0 Å². The Hall–Kier alpha value is -4.66. The molecule has 0 spiro atoms. The van der Waals surface area contributed by atoms with Crippen LogP contribution in [0.1, 0.15) is 64.3 Å². The van der Waals surface area contributed by atoms with Gasteiger partial charge in [-0.3, -0.25) is 9.59 Å². The molecule has 3 rings (SSSR count). The van der Waals surface area contributed by atoms with Crippen LogP contribution in [0.15, 0.2) is 91.0 Å². The summed E-state index contributed by atoms with van der Waals surface area (Å²) in [7, 11) is 1.51.